The number of benzene rings is 3. The zero-order valence-electron chi connectivity index (χ0n) is 19.9. The van der Waals surface area contributed by atoms with Crippen LogP contribution in [0.25, 0.3) is 0 Å². The van der Waals surface area contributed by atoms with Crippen LogP contribution in [0.1, 0.15) is 15.9 Å². The number of methoxy groups -OCH3 is 2. The Hall–Kier alpha value is -4.16. The molecule has 11 nitrogen and oxygen atoms in total. The van der Waals surface area contributed by atoms with Gasteiger partial charge in [0, 0.05) is 11.6 Å². The Labute approximate surface area is 217 Å². The average Bonchev–Trinajstić information content (AvgIpc) is 2.88. The van der Waals surface area contributed by atoms with Crippen molar-refractivity contribution in [3.05, 3.63) is 86.9 Å². The Bertz CT molecular complexity index is 1460. The molecule has 0 aromatic heterocycles. The second-order valence-electron chi connectivity index (χ2n) is 7.65. The predicted molar refractivity (Wildman–Crippen MR) is 137 cm³/mol. The molecular weight excluding hydrogens is 526 g/mol. The number of nitro groups is 1. The molecule has 0 saturated heterocycles. The van der Waals surface area contributed by atoms with Crippen molar-refractivity contribution in [3.63, 3.8) is 0 Å². The predicted octanol–water partition coefficient (Wildman–Crippen LogP) is 4.19. The van der Waals surface area contributed by atoms with E-state index in [9.17, 15) is 28.1 Å². The number of amides is 1. The van der Waals surface area contributed by atoms with Gasteiger partial charge in [0.1, 0.15) is 12.3 Å². The molecule has 0 atom stereocenters. The summed E-state index contributed by atoms with van der Waals surface area (Å²) < 4.78 is 37.8. The van der Waals surface area contributed by atoms with Crippen LogP contribution in [-0.2, 0) is 19.6 Å². The SMILES string of the molecule is COC(=O)c1ccc(Cl)c(NC(=O)CN(c2ccc(OC)cc2)S(=O)(=O)c2ccc(C)c([N+](=O)[O-])c2)c1. The van der Waals surface area contributed by atoms with Gasteiger partial charge in [-0.25, -0.2) is 13.2 Å². The molecule has 0 saturated carbocycles. The number of sulfonamides is 1. The molecule has 0 spiro atoms. The Morgan fingerprint density at radius 2 is 1.73 bits per heavy atom. The normalized spacial score (nSPS) is 10.9. The quantitative estimate of drug-likeness (QED) is 0.238. The van der Waals surface area contributed by atoms with Crippen LogP contribution in [0.4, 0.5) is 17.1 Å². The molecule has 1 amide bonds. The monoisotopic (exact) mass is 547 g/mol. The zero-order valence-corrected chi connectivity index (χ0v) is 21.5. The first-order chi connectivity index (χ1) is 17.5. The van der Waals surface area contributed by atoms with E-state index in [2.05, 4.69) is 10.1 Å². The smallest absolute Gasteiger partial charge is 0.337 e. The highest BCUT2D eigenvalue weighted by Crippen LogP contribution is 2.30. The highest BCUT2D eigenvalue weighted by molar-refractivity contribution is 7.92. The van der Waals surface area contributed by atoms with Crippen molar-refractivity contribution in [1.82, 2.24) is 0 Å². The number of hydrogen-bond donors (Lipinski definition) is 1. The molecule has 0 heterocycles. The maximum atomic E-state index is 13.6. The molecule has 0 fully saturated rings. The van der Waals surface area contributed by atoms with Crippen molar-refractivity contribution in [3.8, 4) is 5.75 Å². The molecule has 0 bridgehead atoms. The van der Waals surface area contributed by atoms with E-state index in [0.717, 1.165) is 10.4 Å². The van der Waals surface area contributed by atoms with Gasteiger partial charge in [-0.2, -0.15) is 0 Å². The third kappa shape index (κ3) is 6.16. The highest BCUT2D eigenvalue weighted by Gasteiger charge is 2.29. The Morgan fingerprint density at radius 3 is 2.32 bits per heavy atom. The number of nitrogens with one attached hydrogen (secondary N) is 1. The number of esters is 1. The lowest BCUT2D eigenvalue weighted by Crippen LogP contribution is -2.38. The van der Waals surface area contributed by atoms with Crippen LogP contribution in [0, 0.1) is 17.0 Å². The summed E-state index contributed by atoms with van der Waals surface area (Å²) in [7, 11) is -1.81. The van der Waals surface area contributed by atoms with Crippen LogP contribution >= 0.6 is 11.6 Å². The van der Waals surface area contributed by atoms with Gasteiger partial charge in [0.25, 0.3) is 15.7 Å². The zero-order chi connectivity index (χ0) is 27.3. The summed E-state index contributed by atoms with van der Waals surface area (Å²) in [4.78, 5) is 35.2. The van der Waals surface area contributed by atoms with Crippen LogP contribution in [0.15, 0.2) is 65.6 Å². The number of ether oxygens (including phenoxy) is 2. The minimum absolute atomic E-state index is 0.0626. The van der Waals surface area contributed by atoms with Crippen molar-refractivity contribution in [1.29, 1.82) is 0 Å². The van der Waals surface area contributed by atoms with Crippen molar-refractivity contribution in [2.45, 2.75) is 11.8 Å². The van der Waals surface area contributed by atoms with Gasteiger partial charge in [0.2, 0.25) is 5.91 Å². The van der Waals surface area contributed by atoms with Crippen LogP contribution < -0.4 is 14.4 Å². The van der Waals surface area contributed by atoms with E-state index in [1.54, 1.807) is 0 Å². The van der Waals surface area contributed by atoms with E-state index in [1.165, 1.54) is 75.7 Å². The van der Waals surface area contributed by atoms with Crippen LogP contribution in [-0.4, -0.2) is 46.0 Å². The van der Waals surface area contributed by atoms with Gasteiger partial charge in [-0.1, -0.05) is 17.7 Å². The fourth-order valence-electron chi connectivity index (χ4n) is 3.32. The summed E-state index contributed by atoms with van der Waals surface area (Å²) in [6.07, 6.45) is 0. The number of anilines is 2. The number of hydrogen-bond acceptors (Lipinski definition) is 8. The number of halogens is 1. The molecule has 0 aliphatic carbocycles. The number of aryl methyl sites for hydroxylation is 1. The minimum Gasteiger partial charge on any atom is -0.497 e. The summed E-state index contributed by atoms with van der Waals surface area (Å²) in [5.74, 6) is -0.997. The number of nitrogens with zero attached hydrogens (tertiary/aromatic N) is 2. The largest absolute Gasteiger partial charge is 0.497 e. The van der Waals surface area contributed by atoms with E-state index in [0.29, 0.717) is 5.75 Å². The highest BCUT2D eigenvalue weighted by atomic mass is 35.5. The third-order valence-corrected chi connectivity index (χ3v) is 7.37. The number of carbonyl (C=O) groups excluding carboxylic acids is 2. The number of rotatable bonds is 9. The summed E-state index contributed by atoms with van der Waals surface area (Å²) in [5.41, 5.74) is 0.180. The average molecular weight is 548 g/mol. The lowest BCUT2D eigenvalue weighted by molar-refractivity contribution is -0.385. The number of carbonyl (C=O) groups is 2. The van der Waals surface area contributed by atoms with E-state index in [4.69, 9.17) is 16.3 Å². The topological polar surface area (TPSA) is 145 Å². The van der Waals surface area contributed by atoms with Gasteiger partial charge in [0.05, 0.1) is 46.0 Å². The molecule has 3 aromatic rings. The summed E-state index contributed by atoms with van der Waals surface area (Å²) in [5, 5.41) is 14.0. The molecule has 0 aliphatic rings. The van der Waals surface area contributed by atoms with Crippen LogP contribution in [0.5, 0.6) is 5.75 Å². The lowest BCUT2D eigenvalue weighted by atomic mass is 10.2. The molecule has 194 valence electrons. The molecule has 37 heavy (non-hydrogen) atoms. The third-order valence-electron chi connectivity index (χ3n) is 5.27. The van der Waals surface area contributed by atoms with Gasteiger partial charge in [-0.05, 0) is 55.5 Å². The summed E-state index contributed by atoms with van der Waals surface area (Å²) >= 11 is 6.15. The molecule has 3 rings (SSSR count). The first-order valence-corrected chi connectivity index (χ1v) is 12.4. The van der Waals surface area contributed by atoms with Crippen molar-refractivity contribution < 1.29 is 32.4 Å². The molecule has 1 N–H and O–H groups in total. The molecular formula is C24H22ClN3O8S. The second kappa shape index (κ2) is 11.3. The molecule has 0 radical (unpaired) electrons. The maximum absolute atomic E-state index is 13.6. The van der Waals surface area contributed by atoms with Gasteiger partial charge >= 0.3 is 5.97 Å². The fourth-order valence-corrected chi connectivity index (χ4v) is 4.93. The second-order valence-corrected chi connectivity index (χ2v) is 9.92. The molecule has 0 aliphatic heterocycles. The van der Waals surface area contributed by atoms with Crippen molar-refractivity contribution in [2.24, 2.45) is 0 Å². The first-order valence-electron chi connectivity index (χ1n) is 10.6. The summed E-state index contributed by atoms with van der Waals surface area (Å²) in [6, 6.07) is 13.4. The fraction of sp³-hybridized carbons (Fsp3) is 0.167. The van der Waals surface area contributed by atoms with E-state index in [-0.39, 0.29) is 38.1 Å². The van der Waals surface area contributed by atoms with Crippen molar-refractivity contribution >= 4 is 50.6 Å². The van der Waals surface area contributed by atoms with Crippen molar-refractivity contribution in [2.75, 3.05) is 30.4 Å². The minimum atomic E-state index is -4.45. The van der Waals surface area contributed by atoms with Gasteiger partial charge < -0.3 is 14.8 Å². The number of nitro benzene ring substituents is 1. The van der Waals surface area contributed by atoms with Crippen LogP contribution in [0.2, 0.25) is 5.02 Å². The molecule has 13 heteroatoms. The van der Waals surface area contributed by atoms with Crippen LogP contribution in [0.3, 0.4) is 0 Å². The van der Waals surface area contributed by atoms with E-state index < -0.39 is 33.4 Å². The Kier molecular flexibility index (Phi) is 8.35. The van der Waals surface area contributed by atoms with E-state index in [1.807, 2.05) is 0 Å². The Balaban J connectivity index is 2.01. The van der Waals surface area contributed by atoms with Gasteiger partial charge in [-0.15, -0.1) is 0 Å². The molecule has 3 aromatic carbocycles. The van der Waals surface area contributed by atoms with Gasteiger partial charge in [-0.3, -0.25) is 19.2 Å². The maximum Gasteiger partial charge on any atom is 0.337 e. The van der Waals surface area contributed by atoms with Gasteiger partial charge in [0.15, 0.2) is 0 Å². The lowest BCUT2D eigenvalue weighted by Gasteiger charge is -2.24. The summed E-state index contributed by atoms with van der Waals surface area (Å²) in [6.45, 7) is 0.768. The Morgan fingerprint density at radius 1 is 1.05 bits per heavy atom. The standard InChI is InChI=1S/C24H22ClN3O8S/c1-15-4-10-19(13-22(15)28(31)32)37(33,34)27(17-6-8-18(35-2)9-7-17)14-23(29)26-21-12-16(24(30)36-3)5-11-20(21)25/h4-13H,14H2,1-3H3,(H,26,29). The van der Waals surface area contributed by atoms with E-state index >= 15 is 0 Å². The molecule has 0 unspecified atom stereocenters. The first kappa shape index (κ1) is 27.4.